The molecule has 6 nitrogen and oxygen atoms in total. The van der Waals surface area contributed by atoms with E-state index in [9.17, 15) is 9.90 Å². The summed E-state index contributed by atoms with van der Waals surface area (Å²) in [4.78, 5) is 13.0. The van der Waals surface area contributed by atoms with Gasteiger partial charge in [0, 0.05) is 39.6 Å². The van der Waals surface area contributed by atoms with Gasteiger partial charge in [0.05, 0.1) is 17.9 Å². The molecule has 0 atom stereocenters. The zero-order valence-electron chi connectivity index (χ0n) is 12.0. The number of likely N-dealkylation sites (N-methyl/N-ethyl adjacent to an activating group) is 1. The van der Waals surface area contributed by atoms with Crippen LogP contribution < -0.4 is 10.6 Å². The van der Waals surface area contributed by atoms with Crippen LogP contribution in [-0.2, 0) is 9.47 Å². The predicted octanol–water partition coefficient (Wildman–Crippen LogP) is 1.46. The molecular weight excluding hydrogens is 260 g/mol. The van der Waals surface area contributed by atoms with Gasteiger partial charge in [0.15, 0.2) is 0 Å². The van der Waals surface area contributed by atoms with Crippen LogP contribution in [0.1, 0.15) is 16.8 Å². The van der Waals surface area contributed by atoms with Gasteiger partial charge in [-0.3, -0.25) is 0 Å². The summed E-state index contributed by atoms with van der Waals surface area (Å²) in [6, 6.07) is 4.87. The van der Waals surface area contributed by atoms with Gasteiger partial charge in [-0.15, -0.1) is 0 Å². The molecule has 20 heavy (non-hydrogen) atoms. The molecule has 0 bridgehead atoms. The Balaban J connectivity index is 2.51. The Morgan fingerprint density at radius 3 is 2.75 bits per heavy atom. The number of hydrogen-bond acceptors (Lipinski definition) is 5. The van der Waals surface area contributed by atoms with E-state index in [1.165, 1.54) is 6.07 Å². The summed E-state index contributed by atoms with van der Waals surface area (Å²) in [7, 11) is 3.48. The highest BCUT2D eigenvalue weighted by Gasteiger charge is 2.13. The fraction of sp³-hybridized carbons (Fsp3) is 0.500. The number of anilines is 2. The molecule has 1 aromatic carbocycles. The number of rotatable bonds is 9. The molecule has 0 aliphatic carbocycles. The van der Waals surface area contributed by atoms with Crippen LogP contribution >= 0.6 is 0 Å². The lowest BCUT2D eigenvalue weighted by atomic mass is 10.1. The number of nitrogens with two attached hydrogens (primary N) is 1. The summed E-state index contributed by atoms with van der Waals surface area (Å²) in [5.41, 5.74) is 6.89. The third-order valence-electron chi connectivity index (χ3n) is 2.87. The van der Waals surface area contributed by atoms with Crippen molar-refractivity contribution >= 4 is 17.3 Å². The summed E-state index contributed by atoms with van der Waals surface area (Å²) in [6.45, 7) is 2.45. The van der Waals surface area contributed by atoms with Gasteiger partial charge in [0.25, 0.3) is 0 Å². The largest absolute Gasteiger partial charge is 0.478 e. The van der Waals surface area contributed by atoms with Gasteiger partial charge in [-0.2, -0.15) is 0 Å². The van der Waals surface area contributed by atoms with Crippen LogP contribution in [0.3, 0.4) is 0 Å². The summed E-state index contributed by atoms with van der Waals surface area (Å²) in [5, 5.41) is 9.18. The normalized spacial score (nSPS) is 10.5. The molecule has 0 aliphatic rings. The summed E-state index contributed by atoms with van der Waals surface area (Å²) < 4.78 is 10.4. The standard InChI is InChI=1S/C14H22N2O4/c1-16(6-9-20-8-3-7-19-2)13-5-4-11(15)10-12(13)14(17)18/h4-5,10H,3,6-9,15H2,1-2H3,(H,17,18). The van der Waals surface area contributed by atoms with Crippen molar-refractivity contribution in [3.05, 3.63) is 23.8 Å². The van der Waals surface area contributed by atoms with Gasteiger partial charge in [0.1, 0.15) is 0 Å². The van der Waals surface area contributed by atoms with E-state index in [0.717, 1.165) is 6.42 Å². The Morgan fingerprint density at radius 1 is 1.35 bits per heavy atom. The molecule has 0 saturated heterocycles. The van der Waals surface area contributed by atoms with Gasteiger partial charge >= 0.3 is 5.97 Å². The molecule has 0 heterocycles. The molecule has 1 aromatic rings. The minimum atomic E-state index is -0.986. The lowest BCUT2D eigenvalue weighted by molar-refractivity contribution is 0.0697. The number of hydrogen-bond donors (Lipinski definition) is 2. The van der Waals surface area contributed by atoms with Crippen LogP contribution in [0.5, 0.6) is 0 Å². The summed E-state index contributed by atoms with van der Waals surface area (Å²) in [6.07, 6.45) is 0.850. The van der Waals surface area contributed by atoms with E-state index in [2.05, 4.69) is 0 Å². The van der Waals surface area contributed by atoms with E-state index in [1.807, 2.05) is 11.9 Å². The van der Waals surface area contributed by atoms with Crippen LogP contribution in [0.2, 0.25) is 0 Å². The van der Waals surface area contributed by atoms with Crippen molar-refractivity contribution in [1.29, 1.82) is 0 Å². The van der Waals surface area contributed by atoms with Gasteiger partial charge < -0.3 is 25.2 Å². The number of methoxy groups -OCH3 is 1. The fourth-order valence-electron chi connectivity index (χ4n) is 1.79. The molecule has 0 aromatic heterocycles. The van der Waals surface area contributed by atoms with Crippen molar-refractivity contribution < 1.29 is 19.4 Å². The van der Waals surface area contributed by atoms with Crippen molar-refractivity contribution in [2.75, 3.05) is 51.2 Å². The Bertz CT molecular complexity index is 437. The monoisotopic (exact) mass is 282 g/mol. The first-order valence-electron chi connectivity index (χ1n) is 6.47. The number of nitrogen functional groups attached to an aromatic ring is 1. The lowest BCUT2D eigenvalue weighted by Crippen LogP contribution is -2.25. The van der Waals surface area contributed by atoms with Crippen LogP contribution in [0.15, 0.2) is 18.2 Å². The smallest absolute Gasteiger partial charge is 0.337 e. The average Bonchev–Trinajstić information content (AvgIpc) is 2.42. The van der Waals surface area contributed by atoms with E-state index in [4.69, 9.17) is 15.2 Å². The third-order valence-corrected chi connectivity index (χ3v) is 2.87. The molecule has 0 unspecified atom stereocenters. The average molecular weight is 282 g/mol. The quantitative estimate of drug-likeness (QED) is 0.527. The van der Waals surface area contributed by atoms with Crippen LogP contribution in [0, 0.1) is 0 Å². The number of carbonyl (C=O) groups is 1. The number of carboxylic acid groups (broad SMARTS) is 1. The molecule has 1 rings (SSSR count). The maximum atomic E-state index is 11.2. The van der Waals surface area contributed by atoms with E-state index in [0.29, 0.717) is 37.7 Å². The molecule has 0 saturated carbocycles. The fourth-order valence-corrected chi connectivity index (χ4v) is 1.79. The van der Waals surface area contributed by atoms with Crippen molar-refractivity contribution in [3.63, 3.8) is 0 Å². The molecule has 3 N–H and O–H groups in total. The second-order valence-corrected chi connectivity index (χ2v) is 4.46. The number of nitrogens with zero attached hydrogens (tertiary/aromatic N) is 1. The van der Waals surface area contributed by atoms with Crippen molar-refractivity contribution in [3.8, 4) is 0 Å². The summed E-state index contributed by atoms with van der Waals surface area (Å²) >= 11 is 0. The highest BCUT2D eigenvalue weighted by atomic mass is 16.5. The Hall–Kier alpha value is -1.79. The molecule has 0 aliphatic heterocycles. The highest BCUT2D eigenvalue weighted by Crippen LogP contribution is 2.22. The maximum absolute atomic E-state index is 11.2. The molecule has 0 amide bonds. The van der Waals surface area contributed by atoms with E-state index < -0.39 is 5.97 Å². The first kappa shape index (κ1) is 16.3. The number of benzene rings is 1. The van der Waals surface area contributed by atoms with Crippen molar-refractivity contribution in [2.24, 2.45) is 0 Å². The Labute approximate surface area is 119 Å². The maximum Gasteiger partial charge on any atom is 0.337 e. The van der Waals surface area contributed by atoms with E-state index in [-0.39, 0.29) is 5.56 Å². The van der Waals surface area contributed by atoms with Gasteiger partial charge in [-0.25, -0.2) is 4.79 Å². The molecule has 0 radical (unpaired) electrons. The highest BCUT2D eigenvalue weighted by molar-refractivity contribution is 5.95. The van der Waals surface area contributed by atoms with Gasteiger partial charge in [-0.1, -0.05) is 0 Å². The zero-order chi connectivity index (χ0) is 15.0. The van der Waals surface area contributed by atoms with E-state index in [1.54, 1.807) is 19.2 Å². The Morgan fingerprint density at radius 2 is 2.10 bits per heavy atom. The van der Waals surface area contributed by atoms with Crippen LogP contribution in [0.4, 0.5) is 11.4 Å². The molecule has 0 spiro atoms. The zero-order valence-corrected chi connectivity index (χ0v) is 12.0. The molecule has 112 valence electrons. The van der Waals surface area contributed by atoms with Crippen LogP contribution in [-0.4, -0.2) is 51.6 Å². The Kier molecular flexibility index (Phi) is 6.83. The minimum absolute atomic E-state index is 0.201. The second-order valence-electron chi connectivity index (χ2n) is 4.46. The predicted molar refractivity (Wildman–Crippen MR) is 78.4 cm³/mol. The second kappa shape index (κ2) is 8.39. The molecule has 6 heteroatoms. The number of ether oxygens (including phenoxy) is 2. The van der Waals surface area contributed by atoms with Crippen LogP contribution in [0.25, 0.3) is 0 Å². The number of aromatic carboxylic acids is 1. The topological polar surface area (TPSA) is 85.0 Å². The molecule has 0 fully saturated rings. The van der Waals surface area contributed by atoms with Gasteiger partial charge in [-0.05, 0) is 24.6 Å². The van der Waals surface area contributed by atoms with E-state index >= 15 is 0 Å². The third kappa shape index (κ3) is 5.07. The molecular formula is C14H22N2O4. The first-order valence-corrected chi connectivity index (χ1v) is 6.47. The lowest BCUT2D eigenvalue weighted by Gasteiger charge is -2.21. The van der Waals surface area contributed by atoms with Gasteiger partial charge in [0.2, 0.25) is 0 Å². The summed E-state index contributed by atoms with van der Waals surface area (Å²) in [5.74, 6) is -0.986. The number of carboxylic acids is 1. The SMILES string of the molecule is COCCCOCCN(C)c1ccc(N)cc1C(=O)O. The van der Waals surface area contributed by atoms with Crippen molar-refractivity contribution in [2.45, 2.75) is 6.42 Å². The van der Waals surface area contributed by atoms with Crippen molar-refractivity contribution in [1.82, 2.24) is 0 Å². The first-order chi connectivity index (χ1) is 9.56. The minimum Gasteiger partial charge on any atom is -0.478 e.